The minimum atomic E-state index is -0.413. The number of ether oxygens (including phenoxy) is 2. The summed E-state index contributed by atoms with van der Waals surface area (Å²) < 4.78 is 41.5. The van der Waals surface area contributed by atoms with Crippen molar-refractivity contribution in [3.63, 3.8) is 0 Å². The van der Waals surface area contributed by atoms with E-state index in [0.29, 0.717) is 43.2 Å². The van der Waals surface area contributed by atoms with Crippen LogP contribution in [0.4, 0.5) is 14.5 Å². The van der Waals surface area contributed by atoms with Gasteiger partial charge in [-0.2, -0.15) is 5.26 Å². The highest BCUT2D eigenvalue weighted by atomic mass is 19.1. The molecule has 3 saturated heterocycles. The Morgan fingerprint density at radius 1 is 1.02 bits per heavy atom. The molecular formula is C39H53F2N5O3. The van der Waals surface area contributed by atoms with E-state index < -0.39 is 5.60 Å². The second-order valence-electron chi connectivity index (χ2n) is 15.4. The van der Waals surface area contributed by atoms with Gasteiger partial charge in [0.25, 0.3) is 0 Å². The van der Waals surface area contributed by atoms with Crippen LogP contribution in [0.3, 0.4) is 0 Å². The number of carbonyl (C=O) groups is 1. The molecule has 8 nitrogen and oxygen atoms in total. The van der Waals surface area contributed by atoms with Crippen molar-refractivity contribution >= 4 is 11.7 Å². The molecule has 0 bridgehead atoms. The Morgan fingerprint density at radius 2 is 1.78 bits per heavy atom. The van der Waals surface area contributed by atoms with Gasteiger partial charge >= 0.3 is 5.97 Å². The Hall–Kier alpha value is -3.10. The third-order valence-electron chi connectivity index (χ3n) is 12.1. The topological polar surface area (TPSA) is 72.3 Å². The molecule has 1 aliphatic carbocycles. The molecule has 6 rings (SSSR count). The number of hydrogen-bond donors (Lipinski definition) is 0. The van der Waals surface area contributed by atoms with Gasteiger partial charge in [-0.25, -0.2) is 8.78 Å². The molecule has 4 fully saturated rings. The number of benzene rings is 2. The van der Waals surface area contributed by atoms with Crippen molar-refractivity contribution in [2.24, 2.45) is 17.8 Å². The maximum absolute atomic E-state index is 15.2. The zero-order valence-corrected chi connectivity index (χ0v) is 29.7. The fraction of sp³-hybridized carbons (Fsp3) is 0.641. The van der Waals surface area contributed by atoms with Crippen LogP contribution in [-0.2, 0) is 26.2 Å². The van der Waals surface area contributed by atoms with Crippen LogP contribution in [-0.4, -0.2) is 107 Å². The van der Waals surface area contributed by atoms with Gasteiger partial charge in [0.15, 0.2) is 0 Å². The third kappa shape index (κ3) is 7.37. The van der Waals surface area contributed by atoms with Gasteiger partial charge < -0.3 is 29.1 Å². The molecule has 0 unspecified atom stereocenters. The van der Waals surface area contributed by atoms with E-state index >= 15 is 8.78 Å². The molecule has 0 aromatic heterocycles. The van der Waals surface area contributed by atoms with Gasteiger partial charge in [0, 0.05) is 38.6 Å². The molecule has 266 valence electrons. The lowest BCUT2D eigenvalue weighted by molar-refractivity contribution is -0.142. The van der Waals surface area contributed by atoms with Gasteiger partial charge in [0.1, 0.15) is 17.2 Å². The third-order valence-corrected chi connectivity index (χ3v) is 12.1. The molecule has 2 aromatic rings. The van der Waals surface area contributed by atoms with Gasteiger partial charge in [-0.3, -0.25) is 4.79 Å². The van der Waals surface area contributed by atoms with E-state index in [4.69, 9.17) is 9.47 Å². The maximum Gasteiger partial charge on any atom is 0.305 e. The van der Waals surface area contributed by atoms with E-state index in [1.807, 2.05) is 36.0 Å². The second kappa shape index (κ2) is 15.0. The SMILES string of the molecule is COC(=O)C[C@H]1CCC[C@@H]1[C@](CN1CCC1)(c1cccc(F)c1)C1CCN(CC2(OC)CN(c3cc(CN(C)C)c(C#N)cc3F)C2)CC1. The van der Waals surface area contributed by atoms with Crippen LogP contribution in [0.5, 0.6) is 0 Å². The number of methoxy groups -OCH3 is 2. The van der Waals surface area contributed by atoms with Gasteiger partial charge in [0.2, 0.25) is 0 Å². The first kappa shape index (κ1) is 35.7. The summed E-state index contributed by atoms with van der Waals surface area (Å²) >= 11 is 0. The summed E-state index contributed by atoms with van der Waals surface area (Å²) in [6.45, 7) is 7.29. The lowest BCUT2D eigenvalue weighted by atomic mass is 9.56. The number of likely N-dealkylation sites (tertiary alicyclic amines) is 2. The lowest BCUT2D eigenvalue weighted by Gasteiger charge is -2.55. The molecule has 3 heterocycles. The minimum Gasteiger partial charge on any atom is -0.469 e. The van der Waals surface area contributed by atoms with Crippen molar-refractivity contribution in [2.75, 3.05) is 85.6 Å². The fourth-order valence-corrected chi connectivity index (χ4v) is 9.58. The normalized spacial score (nSPS) is 24.2. The summed E-state index contributed by atoms with van der Waals surface area (Å²) in [6, 6.07) is 12.6. The van der Waals surface area contributed by atoms with Crippen molar-refractivity contribution in [1.82, 2.24) is 14.7 Å². The summed E-state index contributed by atoms with van der Waals surface area (Å²) in [7, 11) is 7.10. The number of piperidine rings is 1. The average Bonchev–Trinajstić information content (AvgIpc) is 3.51. The van der Waals surface area contributed by atoms with Crippen LogP contribution in [0.1, 0.15) is 61.6 Å². The predicted octanol–water partition coefficient (Wildman–Crippen LogP) is 5.44. The Balaban J connectivity index is 1.20. The highest BCUT2D eigenvalue weighted by molar-refractivity contribution is 5.69. The lowest BCUT2D eigenvalue weighted by Crippen LogP contribution is -2.68. The van der Waals surface area contributed by atoms with Crippen molar-refractivity contribution in [3.8, 4) is 6.07 Å². The van der Waals surface area contributed by atoms with Gasteiger partial charge in [-0.1, -0.05) is 18.6 Å². The molecule has 2 aromatic carbocycles. The molecule has 0 radical (unpaired) electrons. The average molecular weight is 678 g/mol. The van der Waals surface area contributed by atoms with Crippen molar-refractivity contribution in [3.05, 3.63) is 64.7 Å². The second-order valence-corrected chi connectivity index (χ2v) is 15.4. The van der Waals surface area contributed by atoms with Crippen LogP contribution >= 0.6 is 0 Å². The van der Waals surface area contributed by atoms with Gasteiger partial charge in [-0.05, 0) is 126 Å². The van der Waals surface area contributed by atoms with Crippen LogP contribution < -0.4 is 4.90 Å². The maximum atomic E-state index is 15.2. The molecular weight excluding hydrogens is 624 g/mol. The predicted molar refractivity (Wildman–Crippen MR) is 186 cm³/mol. The molecule has 4 aliphatic rings. The monoisotopic (exact) mass is 677 g/mol. The molecule has 3 aliphatic heterocycles. The molecule has 0 N–H and O–H groups in total. The summed E-state index contributed by atoms with van der Waals surface area (Å²) in [4.78, 5) is 21.6. The molecule has 0 spiro atoms. The number of rotatable bonds is 13. The van der Waals surface area contributed by atoms with Gasteiger partial charge in [0.05, 0.1) is 37.5 Å². The largest absolute Gasteiger partial charge is 0.469 e. The minimum absolute atomic E-state index is 0.155. The Kier molecular flexibility index (Phi) is 10.9. The highest BCUT2D eigenvalue weighted by Crippen LogP contribution is 2.54. The van der Waals surface area contributed by atoms with E-state index in [2.05, 4.69) is 21.9 Å². The Labute approximate surface area is 290 Å². The van der Waals surface area contributed by atoms with E-state index in [9.17, 15) is 10.1 Å². The number of carbonyl (C=O) groups excluding carboxylic acids is 1. The first-order valence-electron chi connectivity index (χ1n) is 18.0. The summed E-state index contributed by atoms with van der Waals surface area (Å²) in [5.74, 6) is 0.100. The Bertz CT molecular complexity index is 1510. The number of nitrogens with zero attached hydrogens (tertiary/aromatic N) is 5. The molecule has 0 amide bonds. The van der Waals surface area contributed by atoms with Crippen molar-refractivity contribution < 1.29 is 23.0 Å². The summed E-state index contributed by atoms with van der Waals surface area (Å²) in [5.41, 5.74) is 2.12. The quantitative estimate of drug-likeness (QED) is 0.260. The van der Waals surface area contributed by atoms with Crippen molar-refractivity contribution in [2.45, 2.75) is 62.5 Å². The van der Waals surface area contributed by atoms with Crippen LogP contribution in [0.25, 0.3) is 0 Å². The first-order valence-corrected chi connectivity index (χ1v) is 18.0. The molecule has 3 atom stereocenters. The molecule has 1 saturated carbocycles. The number of nitriles is 1. The number of halogens is 2. The van der Waals surface area contributed by atoms with E-state index in [-0.39, 0.29) is 34.9 Å². The highest BCUT2D eigenvalue weighted by Gasteiger charge is 2.53. The smallest absolute Gasteiger partial charge is 0.305 e. The Morgan fingerprint density at radius 3 is 2.39 bits per heavy atom. The zero-order chi connectivity index (χ0) is 34.8. The summed E-state index contributed by atoms with van der Waals surface area (Å²) in [5, 5.41) is 9.57. The fourth-order valence-electron chi connectivity index (χ4n) is 9.58. The van der Waals surface area contributed by atoms with Crippen LogP contribution in [0, 0.1) is 40.7 Å². The van der Waals surface area contributed by atoms with E-state index in [1.165, 1.54) is 19.6 Å². The van der Waals surface area contributed by atoms with Crippen LogP contribution in [0.15, 0.2) is 36.4 Å². The zero-order valence-electron chi connectivity index (χ0n) is 29.7. The summed E-state index contributed by atoms with van der Waals surface area (Å²) in [6.07, 6.45) is 6.68. The van der Waals surface area contributed by atoms with Crippen molar-refractivity contribution in [1.29, 1.82) is 5.26 Å². The van der Waals surface area contributed by atoms with E-state index in [0.717, 1.165) is 82.5 Å². The standard InChI is InChI=1S/C39H53F2N5O3/c1-43(2)23-30-19-36(35(41)18-29(30)22-42)46-25-38(26-46,49-4)24-45-16-12-31(13-17-45)39(27-44-14-7-15-44,32-9-6-10-33(40)21-32)34-11-5-8-28(34)20-37(47)48-3/h6,9-10,18-19,21,28,31,34H,5,7-8,11-17,20,23-27H2,1-4H3/t28-,34+,39+/m1/s1. The number of anilines is 1. The number of hydrogen-bond acceptors (Lipinski definition) is 8. The number of esters is 1. The molecule has 10 heteroatoms. The van der Waals surface area contributed by atoms with Crippen LogP contribution in [0.2, 0.25) is 0 Å². The van der Waals surface area contributed by atoms with E-state index in [1.54, 1.807) is 19.2 Å². The first-order chi connectivity index (χ1) is 23.6. The molecule has 49 heavy (non-hydrogen) atoms. The van der Waals surface area contributed by atoms with Gasteiger partial charge in [-0.15, -0.1) is 0 Å².